The van der Waals surface area contributed by atoms with Gasteiger partial charge in [0.2, 0.25) is 5.91 Å². The van der Waals surface area contributed by atoms with E-state index in [1.54, 1.807) is 12.1 Å². The smallest absolute Gasteiger partial charge is 0.223 e. The zero-order valence-corrected chi connectivity index (χ0v) is 7.86. The lowest BCUT2D eigenvalue weighted by atomic mass is 10.2. The SMILES string of the molecule is O=C(NCc1ccc(O)cc1)C1CC1. The molecule has 14 heavy (non-hydrogen) atoms. The van der Waals surface area contributed by atoms with Crippen molar-refractivity contribution >= 4 is 5.91 Å². The molecule has 1 fully saturated rings. The van der Waals surface area contributed by atoms with Gasteiger partial charge in [-0.15, -0.1) is 0 Å². The van der Waals surface area contributed by atoms with Crippen molar-refractivity contribution in [2.24, 2.45) is 5.92 Å². The van der Waals surface area contributed by atoms with Gasteiger partial charge in [-0.3, -0.25) is 4.79 Å². The Balaban J connectivity index is 1.85. The molecule has 74 valence electrons. The Bertz CT molecular complexity index is 328. The average Bonchev–Trinajstić information content (AvgIpc) is 3.00. The molecule has 0 aliphatic heterocycles. The maximum Gasteiger partial charge on any atom is 0.223 e. The molecule has 0 saturated heterocycles. The van der Waals surface area contributed by atoms with Crippen molar-refractivity contribution in [3.63, 3.8) is 0 Å². The normalized spacial score (nSPS) is 15.1. The van der Waals surface area contributed by atoms with E-state index in [0.717, 1.165) is 18.4 Å². The van der Waals surface area contributed by atoms with Gasteiger partial charge in [0.05, 0.1) is 0 Å². The van der Waals surface area contributed by atoms with Crippen LogP contribution < -0.4 is 5.32 Å². The maximum absolute atomic E-state index is 11.3. The number of carbonyl (C=O) groups excluding carboxylic acids is 1. The van der Waals surface area contributed by atoms with E-state index in [2.05, 4.69) is 5.32 Å². The van der Waals surface area contributed by atoms with E-state index >= 15 is 0 Å². The van der Waals surface area contributed by atoms with Crippen molar-refractivity contribution in [2.45, 2.75) is 19.4 Å². The fourth-order valence-electron chi connectivity index (χ4n) is 1.29. The lowest BCUT2D eigenvalue weighted by molar-refractivity contribution is -0.122. The molecule has 1 saturated carbocycles. The van der Waals surface area contributed by atoms with Crippen LogP contribution in [0.1, 0.15) is 18.4 Å². The Morgan fingerprint density at radius 2 is 2.00 bits per heavy atom. The van der Waals surface area contributed by atoms with Crippen molar-refractivity contribution in [1.82, 2.24) is 5.32 Å². The van der Waals surface area contributed by atoms with E-state index in [4.69, 9.17) is 5.11 Å². The number of benzene rings is 1. The van der Waals surface area contributed by atoms with Gasteiger partial charge in [-0.25, -0.2) is 0 Å². The van der Waals surface area contributed by atoms with Crippen LogP contribution >= 0.6 is 0 Å². The summed E-state index contributed by atoms with van der Waals surface area (Å²) in [7, 11) is 0. The van der Waals surface area contributed by atoms with Crippen LogP contribution in [0.3, 0.4) is 0 Å². The van der Waals surface area contributed by atoms with Crippen molar-refractivity contribution in [2.75, 3.05) is 0 Å². The highest BCUT2D eigenvalue weighted by molar-refractivity contribution is 5.80. The molecule has 3 heteroatoms. The van der Waals surface area contributed by atoms with Gasteiger partial charge < -0.3 is 10.4 Å². The lowest BCUT2D eigenvalue weighted by Crippen LogP contribution is -2.23. The molecule has 0 bridgehead atoms. The summed E-state index contributed by atoms with van der Waals surface area (Å²) in [6.45, 7) is 0.551. The minimum atomic E-state index is 0.151. The molecular weight excluding hydrogens is 178 g/mol. The van der Waals surface area contributed by atoms with Gasteiger partial charge in [0.1, 0.15) is 5.75 Å². The first-order valence-electron chi connectivity index (χ1n) is 4.81. The number of amides is 1. The molecule has 0 radical (unpaired) electrons. The fourth-order valence-corrected chi connectivity index (χ4v) is 1.29. The van der Waals surface area contributed by atoms with Gasteiger partial charge in [0.25, 0.3) is 0 Å². The molecule has 1 aromatic rings. The molecule has 1 aromatic carbocycles. The Morgan fingerprint density at radius 1 is 1.36 bits per heavy atom. The van der Waals surface area contributed by atoms with Crippen LogP contribution in [-0.4, -0.2) is 11.0 Å². The monoisotopic (exact) mass is 191 g/mol. The number of phenolic OH excluding ortho intramolecular Hbond substituents is 1. The molecule has 0 spiro atoms. The first-order valence-corrected chi connectivity index (χ1v) is 4.81. The third kappa shape index (κ3) is 2.25. The predicted octanol–water partition coefficient (Wildman–Crippen LogP) is 1.42. The minimum absolute atomic E-state index is 0.151. The van der Waals surface area contributed by atoms with Crippen molar-refractivity contribution < 1.29 is 9.90 Å². The summed E-state index contributed by atoms with van der Waals surface area (Å²) in [5.74, 6) is 0.660. The largest absolute Gasteiger partial charge is 0.508 e. The Labute approximate surface area is 82.8 Å². The van der Waals surface area contributed by atoms with Crippen LogP contribution in [-0.2, 0) is 11.3 Å². The number of rotatable bonds is 3. The third-order valence-electron chi connectivity index (χ3n) is 2.35. The summed E-state index contributed by atoms with van der Waals surface area (Å²) < 4.78 is 0. The highest BCUT2D eigenvalue weighted by Gasteiger charge is 2.29. The minimum Gasteiger partial charge on any atom is -0.508 e. The van der Waals surface area contributed by atoms with Gasteiger partial charge in [-0.05, 0) is 30.5 Å². The summed E-state index contributed by atoms with van der Waals surface area (Å²) in [5, 5.41) is 11.9. The molecule has 1 aliphatic rings. The van der Waals surface area contributed by atoms with Gasteiger partial charge in [0.15, 0.2) is 0 Å². The molecule has 0 heterocycles. The van der Waals surface area contributed by atoms with Gasteiger partial charge >= 0.3 is 0 Å². The highest BCUT2D eigenvalue weighted by Crippen LogP contribution is 2.28. The summed E-state index contributed by atoms with van der Waals surface area (Å²) >= 11 is 0. The fraction of sp³-hybridized carbons (Fsp3) is 0.364. The third-order valence-corrected chi connectivity index (χ3v) is 2.35. The number of phenols is 1. The molecule has 0 atom stereocenters. The van der Waals surface area contributed by atoms with E-state index in [-0.39, 0.29) is 17.6 Å². The summed E-state index contributed by atoms with van der Waals surface area (Å²) in [4.78, 5) is 11.3. The first kappa shape index (κ1) is 9.06. The van der Waals surface area contributed by atoms with Crippen LogP contribution in [0.4, 0.5) is 0 Å². The van der Waals surface area contributed by atoms with E-state index in [0.29, 0.717) is 6.54 Å². The van der Waals surface area contributed by atoms with Crippen molar-refractivity contribution in [3.8, 4) is 5.75 Å². The van der Waals surface area contributed by atoms with Crippen molar-refractivity contribution in [3.05, 3.63) is 29.8 Å². The highest BCUT2D eigenvalue weighted by atomic mass is 16.3. The Kier molecular flexibility index (Phi) is 2.39. The van der Waals surface area contributed by atoms with Crippen LogP contribution in [0.5, 0.6) is 5.75 Å². The average molecular weight is 191 g/mol. The van der Waals surface area contributed by atoms with Crippen LogP contribution in [0.15, 0.2) is 24.3 Å². The van der Waals surface area contributed by atoms with Crippen LogP contribution in [0.25, 0.3) is 0 Å². The predicted molar refractivity (Wildman–Crippen MR) is 52.7 cm³/mol. The number of carbonyl (C=O) groups is 1. The zero-order valence-electron chi connectivity index (χ0n) is 7.86. The standard InChI is InChI=1S/C11H13NO2/c13-10-5-1-8(2-6-10)7-12-11(14)9-3-4-9/h1-2,5-6,9,13H,3-4,7H2,(H,12,14). The van der Waals surface area contributed by atoms with E-state index < -0.39 is 0 Å². The van der Waals surface area contributed by atoms with Gasteiger partial charge in [-0.1, -0.05) is 12.1 Å². The second-order valence-electron chi connectivity index (χ2n) is 3.66. The number of nitrogens with one attached hydrogen (secondary N) is 1. The Morgan fingerprint density at radius 3 is 2.57 bits per heavy atom. The number of aromatic hydroxyl groups is 1. The quantitative estimate of drug-likeness (QED) is 0.759. The molecule has 0 aromatic heterocycles. The van der Waals surface area contributed by atoms with Gasteiger partial charge in [0, 0.05) is 12.5 Å². The molecular formula is C11H13NO2. The van der Waals surface area contributed by atoms with E-state index in [9.17, 15) is 4.79 Å². The molecule has 1 aliphatic carbocycles. The number of hydrogen-bond acceptors (Lipinski definition) is 2. The molecule has 3 nitrogen and oxygen atoms in total. The van der Waals surface area contributed by atoms with Crippen LogP contribution in [0, 0.1) is 5.92 Å². The Hall–Kier alpha value is -1.51. The second kappa shape index (κ2) is 3.70. The number of hydrogen-bond donors (Lipinski definition) is 2. The summed E-state index contributed by atoms with van der Waals surface area (Å²) in [6.07, 6.45) is 2.06. The van der Waals surface area contributed by atoms with E-state index in [1.807, 2.05) is 12.1 Å². The topological polar surface area (TPSA) is 49.3 Å². The molecule has 0 unspecified atom stereocenters. The molecule has 2 N–H and O–H groups in total. The maximum atomic E-state index is 11.3. The molecule has 1 amide bonds. The molecule has 2 rings (SSSR count). The first-order chi connectivity index (χ1) is 6.75. The summed E-state index contributed by atoms with van der Waals surface area (Å²) in [6, 6.07) is 6.86. The van der Waals surface area contributed by atoms with E-state index in [1.165, 1.54) is 0 Å². The lowest BCUT2D eigenvalue weighted by Gasteiger charge is -2.03. The second-order valence-corrected chi connectivity index (χ2v) is 3.66. The summed E-state index contributed by atoms with van der Waals surface area (Å²) in [5.41, 5.74) is 1.01. The van der Waals surface area contributed by atoms with Crippen molar-refractivity contribution in [1.29, 1.82) is 0 Å². The van der Waals surface area contributed by atoms with Gasteiger partial charge in [-0.2, -0.15) is 0 Å². The van der Waals surface area contributed by atoms with Crippen LogP contribution in [0.2, 0.25) is 0 Å². The zero-order chi connectivity index (χ0) is 9.97.